The van der Waals surface area contributed by atoms with Crippen molar-refractivity contribution in [3.8, 4) is 0 Å². The Labute approximate surface area is 236 Å². The van der Waals surface area contributed by atoms with E-state index in [0.717, 1.165) is 22.3 Å². The van der Waals surface area contributed by atoms with Gasteiger partial charge in [-0.25, -0.2) is 19.6 Å². The monoisotopic (exact) mass is 556 g/mol. The van der Waals surface area contributed by atoms with E-state index in [1.165, 1.54) is 0 Å². The molecule has 0 aliphatic carbocycles. The van der Waals surface area contributed by atoms with Gasteiger partial charge in [0, 0.05) is 13.1 Å². The quantitative estimate of drug-likeness (QED) is 0.230. The van der Waals surface area contributed by atoms with E-state index in [0.29, 0.717) is 19.6 Å². The third kappa shape index (κ3) is 14.7. The summed E-state index contributed by atoms with van der Waals surface area (Å²) in [5, 5.41) is 4.89. The first-order chi connectivity index (χ1) is 18.6. The largest absolute Gasteiger partial charge is 0.444 e. The van der Waals surface area contributed by atoms with Crippen LogP contribution in [-0.2, 0) is 35.7 Å². The average Bonchev–Trinajstić information content (AvgIpc) is 2.84. The van der Waals surface area contributed by atoms with Crippen LogP contribution in [0.1, 0.15) is 63.8 Å². The summed E-state index contributed by atoms with van der Waals surface area (Å²) < 4.78 is 10.4. The van der Waals surface area contributed by atoms with Crippen molar-refractivity contribution in [3.05, 3.63) is 70.8 Å². The molecule has 0 spiro atoms. The van der Waals surface area contributed by atoms with Gasteiger partial charge in [-0.2, -0.15) is 0 Å². The Hall–Kier alpha value is -4.16. The number of nitrogens with zero attached hydrogens (tertiary/aromatic N) is 2. The maximum atomic E-state index is 12.0. The topological polar surface area (TPSA) is 205 Å². The molecule has 0 atom stereocenters. The van der Waals surface area contributed by atoms with Crippen LogP contribution in [0.25, 0.3) is 0 Å². The number of carbonyl (C=O) groups is 2. The molecule has 0 bridgehead atoms. The van der Waals surface area contributed by atoms with Crippen molar-refractivity contribution in [3.63, 3.8) is 0 Å². The zero-order valence-electron chi connectivity index (χ0n) is 24.3. The summed E-state index contributed by atoms with van der Waals surface area (Å²) in [4.78, 5) is 32.3. The van der Waals surface area contributed by atoms with Crippen molar-refractivity contribution in [2.24, 2.45) is 32.9 Å². The fourth-order valence-electron chi connectivity index (χ4n) is 3.07. The maximum Gasteiger partial charge on any atom is 0.414 e. The van der Waals surface area contributed by atoms with Crippen molar-refractivity contribution < 1.29 is 19.1 Å². The van der Waals surface area contributed by atoms with Crippen molar-refractivity contribution in [2.75, 3.05) is 0 Å². The van der Waals surface area contributed by atoms with Gasteiger partial charge in [0.05, 0.1) is 13.1 Å². The molecule has 0 saturated carbocycles. The molecule has 40 heavy (non-hydrogen) atoms. The minimum atomic E-state index is -0.732. The van der Waals surface area contributed by atoms with Gasteiger partial charge in [-0.15, -0.1) is 0 Å². The number of rotatable bonds is 6. The van der Waals surface area contributed by atoms with Crippen LogP contribution in [0.15, 0.2) is 58.5 Å². The molecule has 2 aromatic rings. The highest BCUT2D eigenvalue weighted by Crippen LogP contribution is 2.11. The number of guanidine groups is 2. The lowest BCUT2D eigenvalue weighted by molar-refractivity contribution is 0.0545. The summed E-state index contributed by atoms with van der Waals surface area (Å²) in [6.45, 7) is 12.0. The van der Waals surface area contributed by atoms with Gasteiger partial charge in [0.1, 0.15) is 11.2 Å². The maximum absolute atomic E-state index is 12.0. The Morgan fingerprint density at radius 1 is 0.675 bits per heavy atom. The van der Waals surface area contributed by atoms with E-state index < -0.39 is 23.4 Å². The van der Waals surface area contributed by atoms with Crippen LogP contribution >= 0.6 is 0 Å². The van der Waals surface area contributed by atoms with Gasteiger partial charge in [-0.3, -0.25) is 10.6 Å². The molecule has 0 aliphatic heterocycles. The van der Waals surface area contributed by atoms with Crippen LogP contribution in [0.4, 0.5) is 9.59 Å². The zero-order valence-corrected chi connectivity index (χ0v) is 24.3. The number of hydrogen-bond donors (Lipinski definition) is 6. The summed E-state index contributed by atoms with van der Waals surface area (Å²) in [6, 6.07) is 15.3. The van der Waals surface area contributed by atoms with Crippen LogP contribution < -0.4 is 33.6 Å². The van der Waals surface area contributed by atoms with E-state index in [1.54, 1.807) is 41.5 Å². The summed E-state index contributed by atoms with van der Waals surface area (Å²) in [5.41, 5.74) is 24.3. The number of ether oxygens (including phenoxy) is 2. The van der Waals surface area contributed by atoms with E-state index in [4.69, 9.17) is 32.4 Å². The second-order valence-corrected chi connectivity index (χ2v) is 10.6. The lowest BCUT2D eigenvalue weighted by Gasteiger charge is -2.22. The van der Waals surface area contributed by atoms with Gasteiger partial charge in [0.15, 0.2) is 5.96 Å². The van der Waals surface area contributed by atoms with Crippen molar-refractivity contribution in [1.82, 2.24) is 10.6 Å². The fourth-order valence-corrected chi connectivity index (χ4v) is 3.07. The number of alkyl carbamates (subject to hydrolysis) is 2. The Morgan fingerprint density at radius 2 is 1.02 bits per heavy atom. The average molecular weight is 557 g/mol. The second-order valence-electron chi connectivity index (χ2n) is 10.6. The molecule has 12 heteroatoms. The Bertz CT molecular complexity index is 1130. The number of nitrogens with one attached hydrogen (secondary N) is 2. The van der Waals surface area contributed by atoms with E-state index >= 15 is 0 Å². The number of carbonyl (C=O) groups excluding carboxylic acids is 2. The van der Waals surface area contributed by atoms with E-state index in [1.807, 2.05) is 48.5 Å². The molecular formula is C28H44N8O4. The van der Waals surface area contributed by atoms with Gasteiger partial charge < -0.3 is 32.4 Å². The van der Waals surface area contributed by atoms with Crippen LogP contribution in [0.2, 0.25) is 0 Å². The van der Waals surface area contributed by atoms with Crippen molar-refractivity contribution in [2.45, 2.75) is 78.9 Å². The number of hydrogen-bond acceptors (Lipinski definition) is 8. The SMILES string of the molecule is CC(C)(C)OC(=O)NC(=NCc1ccccc1CN)NC(=O)OC(C)(C)C.NCc1ccccc1CN=C(N)N. The van der Waals surface area contributed by atoms with Gasteiger partial charge in [-0.1, -0.05) is 48.5 Å². The van der Waals surface area contributed by atoms with Crippen LogP contribution in [0, 0.1) is 0 Å². The molecule has 0 unspecified atom stereocenters. The highest BCUT2D eigenvalue weighted by atomic mass is 16.6. The first kappa shape index (κ1) is 33.9. The smallest absolute Gasteiger partial charge is 0.414 e. The fraction of sp³-hybridized carbons (Fsp3) is 0.429. The molecule has 0 heterocycles. The standard InChI is InChI=1S/C19H30N4O4.C9H14N4/c1-18(2,3)26-16(24)22-15(23-17(25)27-19(4,5)6)21-12-14-10-8-7-9-13(14)11-20;10-5-7-3-1-2-4-8(7)6-13-9(11)12/h7-10H,11-12,20H2,1-6H3,(H2,21,22,23,24,25);1-4H,5-6,10H2,(H4,11,12,13). The lowest BCUT2D eigenvalue weighted by atomic mass is 10.1. The minimum absolute atomic E-state index is 0.0645. The molecule has 2 rings (SSSR count). The van der Waals surface area contributed by atoms with Crippen molar-refractivity contribution >= 4 is 24.1 Å². The Morgan fingerprint density at radius 3 is 1.35 bits per heavy atom. The predicted octanol–water partition coefficient (Wildman–Crippen LogP) is 2.97. The number of benzene rings is 2. The summed E-state index contributed by atoms with van der Waals surface area (Å²) in [5.74, 6) is 0.0390. The number of aliphatic imine (C=N–C) groups is 2. The number of amides is 2. The molecule has 0 aromatic heterocycles. The molecule has 0 fully saturated rings. The summed E-state index contributed by atoms with van der Waals surface area (Å²) in [6.07, 6.45) is -1.46. The Balaban J connectivity index is 0.000000512. The minimum Gasteiger partial charge on any atom is -0.444 e. The first-order valence-electron chi connectivity index (χ1n) is 12.8. The van der Waals surface area contributed by atoms with Crippen molar-refractivity contribution in [1.29, 1.82) is 0 Å². The molecule has 2 amide bonds. The summed E-state index contributed by atoms with van der Waals surface area (Å²) >= 11 is 0. The number of nitrogens with two attached hydrogens (primary N) is 4. The Kier molecular flexibility index (Phi) is 13.6. The molecule has 0 saturated heterocycles. The molecule has 220 valence electrons. The van der Waals surface area contributed by atoms with Crippen LogP contribution in [0.5, 0.6) is 0 Å². The molecular weight excluding hydrogens is 512 g/mol. The van der Waals surface area contributed by atoms with Gasteiger partial charge in [0.25, 0.3) is 0 Å². The molecule has 0 radical (unpaired) electrons. The van der Waals surface area contributed by atoms with E-state index in [9.17, 15) is 9.59 Å². The normalized spacial score (nSPS) is 10.8. The second kappa shape index (κ2) is 16.1. The molecule has 2 aromatic carbocycles. The summed E-state index contributed by atoms with van der Waals surface area (Å²) in [7, 11) is 0. The van der Waals surface area contributed by atoms with Crippen LogP contribution in [-0.4, -0.2) is 35.3 Å². The predicted molar refractivity (Wildman–Crippen MR) is 158 cm³/mol. The first-order valence-corrected chi connectivity index (χ1v) is 12.8. The van der Waals surface area contributed by atoms with Gasteiger partial charge in [-0.05, 0) is 63.8 Å². The molecule has 0 aliphatic rings. The third-order valence-corrected chi connectivity index (χ3v) is 4.75. The highest BCUT2D eigenvalue weighted by molar-refractivity contribution is 6.01. The van der Waals surface area contributed by atoms with Crippen LogP contribution in [0.3, 0.4) is 0 Å². The third-order valence-electron chi connectivity index (χ3n) is 4.75. The molecule has 12 nitrogen and oxygen atoms in total. The van der Waals surface area contributed by atoms with E-state index in [2.05, 4.69) is 20.6 Å². The zero-order chi connectivity index (χ0) is 30.3. The van der Waals surface area contributed by atoms with Gasteiger partial charge >= 0.3 is 12.2 Å². The lowest BCUT2D eigenvalue weighted by Crippen LogP contribution is -2.47. The van der Waals surface area contributed by atoms with E-state index in [-0.39, 0.29) is 18.5 Å². The highest BCUT2D eigenvalue weighted by Gasteiger charge is 2.21. The molecule has 10 N–H and O–H groups in total. The van der Waals surface area contributed by atoms with Gasteiger partial charge in [0.2, 0.25) is 5.96 Å².